The Morgan fingerprint density at radius 3 is 2.44 bits per heavy atom. The third-order valence-electron chi connectivity index (χ3n) is 3.93. The van der Waals surface area contributed by atoms with E-state index in [1.807, 2.05) is 25.7 Å². The molecule has 2 heterocycles. The van der Waals surface area contributed by atoms with Crippen molar-refractivity contribution >= 4 is 6.09 Å². The van der Waals surface area contributed by atoms with Crippen LogP contribution in [0.4, 0.5) is 4.79 Å². The smallest absolute Gasteiger partial charge is 0.410 e. The molecule has 0 aromatic heterocycles. The average molecular weight is 254 g/mol. The van der Waals surface area contributed by atoms with E-state index in [4.69, 9.17) is 4.74 Å². The summed E-state index contributed by atoms with van der Waals surface area (Å²) in [5.41, 5.74) is -0.385. The van der Waals surface area contributed by atoms with Crippen LogP contribution in [-0.4, -0.2) is 42.8 Å². The van der Waals surface area contributed by atoms with Crippen molar-refractivity contribution < 1.29 is 9.53 Å². The van der Waals surface area contributed by atoms with Crippen LogP contribution in [0.1, 0.15) is 40.0 Å². The molecule has 1 atom stereocenters. The molecule has 2 aliphatic heterocycles. The Kier molecular flexibility index (Phi) is 4.15. The average Bonchev–Trinajstić information content (AvgIpc) is 2.77. The molecule has 0 radical (unpaired) electrons. The number of rotatable bonds is 1. The largest absolute Gasteiger partial charge is 0.444 e. The molecule has 18 heavy (non-hydrogen) atoms. The number of nitrogens with one attached hydrogen (secondary N) is 1. The topological polar surface area (TPSA) is 41.6 Å². The van der Waals surface area contributed by atoms with Crippen molar-refractivity contribution in [2.45, 2.75) is 45.6 Å². The predicted octanol–water partition coefficient (Wildman–Crippen LogP) is 2.24. The number of nitrogens with zero attached hydrogens (tertiary/aromatic N) is 1. The van der Waals surface area contributed by atoms with Gasteiger partial charge in [0.2, 0.25) is 0 Å². The van der Waals surface area contributed by atoms with Crippen LogP contribution in [0.5, 0.6) is 0 Å². The highest BCUT2D eigenvalue weighted by Crippen LogP contribution is 2.30. The molecular weight excluding hydrogens is 228 g/mol. The lowest BCUT2D eigenvalue weighted by molar-refractivity contribution is 0.0282. The van der Waals surface area contributed by atoms with Crippen LogP contribution < -0.4 is 5.32 Å². The van der Waals surface area contributed by atoms with Gasteiger partial charge in [-0.2, -0.15) is 0 Å². The zero-order chi connectivity index (χ0) is 13.2. The van der Waals surface area contributed by atoms with Gasteiger partial charge in [-0.05, 0) is 65.0 Å². The van der Waals surface area contributed by atoms with E-state index in [0.717, 1.165) is 38.5 Å². The Hall–Kier alpha value is -0.770. The van der Waals surface area contributed by atoms with Crippen molar-refractivity contribution in [2.24, 2.45) is 11.8 Å². The molecule has 2 saturated heterocycles. The highest BCUT2D eigenvalue weighted by atomic mass is 16.6. The fraction of sp³-hybridized carbons (Fsp3) is 0.929. The van der Waals surface area contributed by atoms with Gasteiger partial charge in [-0.3, -0.25) is 0 Å². The molecule has 104 valence electrons. The summed E-state index contributed by atoms with van der Waals surface area (Å²) in [4.78, 5) is 13.9. The molecule has 2 fully saturated rings. The molecule has 0 spiro atoms. The Bertz CT molecular complexity index is 293. The summed E-state index contributed by atoms with van der Waals surface area (Å²) < 4.78 is 5.43. The molecule has 0 aromatic carbocycles. The second-order valence-corrected chi connectivity index (χ2v) is 6.56. The Labute approximate surface area is 110 Å². The Morgan fingerprint density at radius 2 is 1.83 bits per heavy atom. The first kappa shape index (κ1) is 13.7. The molecule has 0 saturated carbocycles. The molecule has 2 rings (SSSR count). The van der Waals surface area contributed by atoms with Crippen LogP contribution in [-0.2, 0) is 4.74 Å². The molecule has 0 aromatic rings. The van der Waals surface area contributed by atoms with Crippen molar-refractivity contribution in [3.8, 4) is 0 Å². The maximum atomic E-state index is 12.0. The van der Waals surface area contributed by atoms with Gasteiger partial charge in [0.15, 0.2) is 0 Å². The van der Waals surface area contributed by atoms with Crippen LogP contribution >= 0.6 is 0 Å². The maximum absolute atomic E-state index is 12.0. The second kappa shape index (κ2) is 5.47. The first-order valence-electron chi connectivity index (χ1n) is 7.14. The van der Waals surface area contributed by atoms with E-state index in [1.165, 1.54) is 12.8 Å². The van der Waals surface area contributed by atoms with Crippen molar-refractivity contribution in [3.63, 3.8) is 0 Å². The van der Waals surface area contributed by atoms with Gasteiger partial charge in [0, 0.05) is 13.1 Å². The normalized spacial score (nSPS) is 26.4. The summed E-state index contributed by atoms with van der Waals surface area (Å²) in [6.45, 7) is 9.78. The Morgan fingerprint density at radius 1 is 1.17 bits per heavy atom. The monoisotopic (exact) mass is 254 g/mol. The molecule has 2 aliphatic rings. The van der Waals surface area contributed by atoms with Gasteiger partial charge in [0.25, 0.3) is 0 Å². The maximum Gasteiger partial charge on any atom is 0.410 e. The second-order valence-electron chi connectivity index (χ2n) is 6.56. The van der Waals surface area contributed by atoms with E-state index < -0.39 is 0 Å². The van der Waals surface area contributed by atoms with Crippen molar-refractivity contribution in [1.29, 1.82) is 0 Å². The van der Waals surface area contributed by atoms with Gasteiger partial charge in [-0.25, -0.2) is 4.79 Å². The van der Waals surface area contributed by atoms with E-state index in [-0.39, 0.29) is 11.7 Å². The number of hydrogen-bond donors (Lipinski definition) is 1. The van der Waals surface area contributed by atoms with E-state index >= 15 is 0 Å². The van der Waals surface area contributed by atoms with E-state index in [9.17, 15) is 4.79 Å². The molecule has 4 nitrogen and oxygen atoms in total. The first-order chi connectivity index (χ1) is 8.46. The van der Waals surface area contributed by atoms with E-state index in [2.05, 4.69) is 5.32 Å². The van der Waals surface area contributed by atoms with Gasteiger partial charge in [-0.15, -0.1) is 0 Å². The van der Waals surface area contributed by atoms with Crippen LogP contribution in [0.15, 0.2) is 0 Å². The van der Waals surface area contributed by atoms with Crippen LogP contribution in [0.3, 0.4) is 0 Å². The minimum absolute atomic E-state index is 0.140. The summed E-state index contributed by atoms with van der Waals surface area (Å²) in [5, 5.41) is 3.40. The molecule has 0 bridgehead atoms. The molecule has 4 heteroatoms. The lowest BCUT2D eigenvalue weighted by Crippen LogP contribution is -2.37. The summed E-state index contributed by atoms with van der Waals surface area (Å²) in [6.07, 6.45) is 3.52. The zero-order valence-electron chi connectivity index (χ0n) is 11.9. The third-order valence-corrected chi connectivity index (χ3v) is 3.93. The summed E-state index contributed by atoms with van der Waals surface area (Å²) in [7, 11) is 0. The van der Waals surface area contributed by atoms with Gasteiger partial charge in [0.05, 0.1) is 0 Å². The Balaban J connectivity index is 1.82. The number of hydrogen-bond acceptors (Lipinski definition) is 3. The molecular formula is C14H26N2O2. The van der Waals surface area contributed by atoms with E-state index in [1.54, 1.807) is 0 Å². The van der Waals surface area contributed by atoms with Crippen LogP contribution in [0.2, 0.25) is 0 Å². The molecule has 1 N–H and O–H groups in total. The molecule has 0 aliphatic carbocycles. The quantitative estimate of drug-likeness (QED) is 0.780. The van der Waals surface area contributed by atoms with Crippen molar-refractivity contribution in [1.82, 2.24) is 10.2 Å². The minimum Gasteiger partial charge on any atom is -0.444 e. The number of piperidine rings is 1. The number of amides is 1. The van der Waals surface area contributed by atoms with Gasteiger partial charge in [-0.1, -0.05) is 0 Å². The fourth-order valence-corrected chi connectivity index (χ4v) is 2.98. The highest BCUT2D eigenvalue weighted by molar-refractivity contribution is 5.68. The lowest BCUT2D eigenvalue weighted by atomic mass is 9.84. The lowest BCUT2D eigenvalue weighted by Gasteiger charge is -2.28. The zero-order valence-corrected chi connectivity index (χ0v) is 11.9. The third kappa shape index (κ3) is 3.61. The highest BCUT2D eigenvalue weighted by Gasteiger charge is 2.34. The number of carbonyl (C=O) groups is 1. The minimum atomic E-state index is -0.385. The summed E-state index contributed by atoms with van der Waals surface area (Å²) in [6, 6.07) is 0. The fourth-order valence-electron chi connectivity index (χ4n) is 2.98. The van der Waals surface area contributed by atoms with Gasteiger partial charge < -0.3 is 15.0 Å². The van der Waals surface area contributed by atoms with Crippen LogP contribution in [0, 0.1) is 11.8 Å². The predicted molar refractivity (Wildman–Crippen MR) is 71.5 cm³/mol. The van der Waals surface area contributed by atoms with Crippen LogP contribution in [0.25, 0.3) is 0 Å². The van der Waals surface area contributed by atoms with E-state index in [0.29, 0.717) is 5.92 Å². The van der Waals surface area contributed by atoms with Gasteiger partial charge >= 0.3 is 6.09 Å². The summed E-state index contributed by atoms with van der Waals surface area (Å²) in [5.74, 6) is 1.47. The molecule has 0 unspecified atom stereocenters. The van der Waals surface area contributed by atoms with Gasteiger partial charge in [0.1, 0.15) is 5.60 Å². The van der Waals surface area contributed by atoms with Crippen molar-refractivity contribution in [2.75, 3.05) is 26.2 Å². The summed E-state index contributed by atoms with van der Waals surface area (Å²) >= 11 is 0. The van der Waals surface area contributed by atoms with Crippen molar-refractivity contribution in [3.05, 3.63) is 0 Å². The number of ether oxygens (including phenoxy) is 1. The molecule has 1 amide bonds. The standard InChI is InChI=1S/C14H26N2O2/c1-14(2,3)18-13(17)16-9-6-12(10-16)11-4-7-15-8-5-11/h11-12,15H,4-10H2,1-3H3/t12-/m1/s1. The number of likely N-dealkylation sites (tertiary alicyclic amines) is 1. The first-order valence-corrected chi connectivity index (χ1v) is 7.14. The number of carbonyl (C=O) groups excluding carboxylic acids is 1. The SMILES string of the molecule is CC(C)(C)OC(=O)N1CC[C@@H](C2CCNCC2)C1.